The fraction of sp³-hybridized carbons (Fsp3) is 0.211. The fourth-order valence-electron chi connectivity index (χ4n) is 2.37. The summed E-state index contributed by atoms with van der Waals surface area (Å²) in [7, 11) is 0. The van der Waals surface area contributed by atoms with Crippen LogP contribution in [0.3, 0.4) is 0 Å². The number of pyridine rings is 1. The van der Waals surface area contributed by atoms with E-state index in [0.717, 1.165) is 28.3 Å². The van der Waals surface area contributed by atoms with Gasteiger partial charge in [-0.15, -0.1) is 0 Å². The summed E-state index contributed by atoms with van der Waals surface area (Å²) in [6, 6.07) is 17.6. The van der Waals surface area contributed by atoms with Crippen molar-refractivity contribution in [1.82, 2.24) is 10.3 Å². The summed E-state index contributed by atoms with van der Waals surface area (Å²) in [4.78, 5) is 4.27. The van der Waals surface area contributed by atoms with Gasteiger partial charge in [-0.05, 0) is 36.8 Å². The third kappa shape index (κ3) is 4.06. The third-order valence-electron chi connectivity index (χ3n) is 3.67. The Kier molecular flexibility index (Phi) is 4.86. The van der Waals surface area contributed by atoms with Gasteiger partial charge in [0.1, 0.15) is 11.5 Å². The summed E-state index contributed by atoms with van der Waals surface area (Å²) in [6.07, 6.45) is 1.34. The lowest BCUT2D eigenvalue weighted by molar-refractivity contribution is 0.199. The molecule has 0 fully saturated rings. The Balaban J connectivity index is 1.59. The first-order chi connectivity index (χ1) is 11.2. The molecule has 0 amide bonds. The van der Waals surface area contributed by atoms with Crippen LogP contribution in [0, 0.1) is 0 Å². The predicted octanol–water partition coefficient (Wildman–Crippen LogP) is 3.68. The first-order valence-electron chi connectivity index (χ1n) is 7.70. The van der Waals surface area contributed by atoms with E-state index in [1.54, 1.807) is 13.1 Å². The zero-order valence-corrected chi connectivity index (χ0v) is 13.1. The van der Waals surface area contributed by atoms with Gasteiger partial charge >= 0.3 is 0 Å². The largest absolute Gasteiger partial charge is 0.460 e. The van der Waals surface area contributed by atoms with E-state index in [9.17, 15) is 5.11 Å². The van der Waals surface area contributed by atoms with Gasteiger partial charge in [-0.25, -0.2) is 0 Å². The number of furan rings is 1. The molecule has 2 aromatic heterocycles. The minimum absolute atomic E-state index is 0.452. The van der Waals surface area contributed by atoms with Crippen molar-refractivity contribution >= 4 is 0 Å². The number of benzene rings is 1. The molecule has 0 saturated heterocycles. The molecule has 2 heterocycles. The quantitative estimate of drug-likeness (QED) is 0.729. The topological polar surface area (TPSA) is 58.3 Å². The van der Waals surface area contributed by atoms with Crippen LogP contribution in [-0.2, 0) is 13.1 Å². The van der Waals surface area contributed by atoms with Gasteiger partial charge in [-0.3, -0.25) is 4.98 Å². The van der Waals surface area contributed by atoms with Crippen LogP contribution in [0.2, 0.25) is 0 Å². The molecular weight excluding hydrogens is 288 g/mol. The van der Waals surface area contributed by atoms with Crippen LogP contribution in [0.5, 0.6) is 0 Å². The highest BCUT2D eigenvalue weighted by atomic mass is 16.3. The molecule has 0 unspecified atom stereocenters. The second kappa shape index (κ2) is 7.22. The molecule has 118 valence electrons. The van der Waals surface area contributed by atoms with Crippen LogP contribution in [0.15, 0.2) is 65.2 Å². The highest BCUT2D eigenvalue weighted by Gasteiger charge is 2.06. The summed E-state index contributed by atoms with van der Waals surface area (Å²) < 4.78 is 5.86. The van der Waals surface area contributed by atoms with E-state index in [1.807, 2.05) is 54.6 Å². The van der Waals surface area contributed by atoms with Crippen LogP contribution in [-0.4, -0.2) is 10.1 Å². The number of hydrogen-bond donors (Lipinski definition) is 2. The molecule has 0 spiro atoms. The van der Waals surface area contributed by atoms with E-state index in [0.29, 0.717) is 13.1 Å². The molecule has 0 aliphatic heterocycles. The summed E-state index contributed by atoms with van der Waals surface area (Å²) in [5.41, 5.74) is 2.91. The Hall–Kier alpha value is -2.43. The Labute approximate surface area is 135 Å². The van der Waals surface area contributed by atoms with Crippen LogP contribution >= 0.6 is 0 Å². The summed E-state index contributed by atoms with van der Waals surface area (Å²) in [5.74, 6) is 1.72. The maximum Gasteiger partial charge on any atom is 0.134 e. The maximum atomic E-state index is 9.54. The molecule has 1 atom stereocenters. The number of hydrogen-bond acceptors (Lipinski definition) is 4. The van der Waals surface area contributed by atoms with E-state index < -0.39 is 6.10 Å². The highest BCUT2D eigenvalue weighted by molar-refractivity contribution is 5.58. The average Bonchev–Trinajstić information content (AvgIpc) is 3.05. The molecule has 0 bridgehead atoms. The van der Waals surface area contributed by atoms with Crippen LogP contribution < -0.4 is 5.32 Å². The number of nitrogens with zero attached hydrogens (tertiary/aromatic N) is 1. The van der Waals surface area contributed by atoms with Crippen molar-refractivity contribution in [2.75, 3.05) is 0 Å². The zero-order chi connectivity index (χ0) is 16.1. The van der Waals surface area contributed by atoms with Gasteiger partial charge in [0, 0.05) is 18.3 Å². The van der Waals surface area contributed by atoms with E-state index >= 15 is 0 Å². The second-order valence-electron chi connectivity index (χ2n) is 5.49. The number of aliphatic hydroxyl groups excluding tert-OH is 1. The van der Waals surface area contributed by atoms with Gasteiger partial charge < -0.3 is 14.8 Å². The van der Waals surface area contributed by atoms with E-state index in [1.165, 1.54) is 0 Å². The normalized spacial score (nSPS) is 12.3. The summed E-state index contributed by atoms with van der Waals surface area (Å²) >= 11 is 0. The summed E-state index contributed by atoms with van der Waals surface area (Å²) in [5, 5.41) is 12.9. The minimum Gasteiger partial charge on any atom is -0.460 e. The standard InChI is InChI=1S/C19H20N2O2/c1-14(22)15-5-7-16(8-6-15)19-10-9-18(23-19)13-20-12-17-4-2-3-11-21-17/h2-11,14,20,22H,12-13H2,1H3/t14-/m0/s1. The van der Waals surface area contributed by atoms with E-state index in [4.69, 9.17) is 4.42 Å². The lowest BCUT2D eigenvalue weighted by atomic mass is 10.1. The lowest BCUT2D eigenvalue weighted by Crippen LogP contribution is -2.12. The van der Waals surface area contributed by atoms with Crippen molar-refractivity contribution in [2.45, 2.75) is 26.1 Å². The Morgan fingerprint density at radius 3 is 2.57 bits per heavy atom. The lowest BCUT2D eigenvalue weighted by Gasteiger charge is -2.05. The summed E-state index contributed by atoms with van der Waals surface area (Å²) in [6.45, 7) is 3.12. The van der Waals surface area contributed by atoms with Gasteiger partial charge in [-0.1, -0.05) is 30.3 Å². The monoisotopic (exact) mass is 308 g/mol. The van der Waals surface area contributed by atoms with Crippen molar-refractivity contribution in [1.29, 1.82) is 0 Å². The van der Waals surface area contributed by atoms with Crippen molar-refractivity contribution in [3.8, 4) is 11.3 Å². The van der Waals surface area contributed by atoms with Crippen LogP contribution in [0.4, 0.5) is 0 Å². The molecule has 3 rings (SSSR count). The maximum absolute atomic E-state index is 9.54. The number of aliphatic hydroxyl groups is 1. The molecule has 23 heavy (non-hydrogen) atoms. The van der Waals surface area contributed by atoms with Gasteiger partial charge in [0.05, 0.1) is 18.3 Å². The number of rotatable bonds is 6. The molecule has 0 radical (unpaired) electrons. The van der Waals surface area contributed by atoms with Crippen molar-refractivity contribution in [3.05, 3.63) is 77.8 Å². The molecule has 0 saturated carbocycles. The second-order valence-corrected chi connectivity index (χ2v) is 5.49. The average molecular weight is 308 g/mol. The van der Waals surface area contributed by atoms with Crippen molar-refractivity contribution in [2.24, 2.45) is 0 Å². The zero-order valence-electron chi connectivity index (χ0n) is 13.1. The molecule has 1 aromatic carbocycles. The molecular formula is C19H20N2O2. The molecule has 4 heteroatoms. The molecule has 2 N–H and O–H groups in total. The third-order valence-corrected chi connectivity index (χ3v) is 3.67. The molecule has 0 aliphatic carbocycles. The van der Waals surface area contributed by atoms with E-state index in [-0.39, 0.29) is 0 Å². The SMILES string of the molecule is C[C@H](O)c1ccc(-c2ccc(CNCc3ccccn3)o2)cc1. The Morgan fingerprint density at radius 2 is 1.87 bits per heavy atom. The highest BCUT2D eigenvalue weighted by Crippen LogP contribution is 2.24. The van der Waals surface area contributed by atoms with Crippen molar-refractivity contribution < 1.29 is 9.52 Å². The van der Waals surface area contributed by atoms with Crippen LogP contribution in [0.1, 0.15) is 30.0 Å². The minimum atomic E-state index is -0.452. The van der Waals surface area contributed by atoms with Gasteiger partial charge in [-0.2, -0.15) is 0 Å². The Bertz CT molecular complexity index is 734. The first-order valence-corrected chi connectivity index (χ1v) is 7.70. The van der Waals surface area contributed by atoms with Crippen LogP contribution in [0.25, 0.3) is 11.3 Å². The number of nitrogens with one attached hydrogen (secondary N) is 1. The smallest absolute Gasteiger partial charge is 0.134 e. The Morgan fingerprint density at radius 1 is 1.04 bits per heavy atom. The van der Waals surface area contributed by atoms with Gasteiger partial charge in [0.2, 0.25) is 0 Å². The van der Waals surface area contributed by atoms with E-state index in [2.05, 4.69) is 10.3 Å². The molecule has 3 aromatic rings. The van der Waals surface area contributed by atoms with Crippen molar-refractivity contribution in [3.63, 3.8) is 0 Å². The molecule has 0 aliphatic rings. The fourth-order valence-corrected chi connectivity index (χ4v) is 2.37. The number of aromatic nitrogens is 1. The first kappa shape index (κ1) is 15.5. The predicted molar refractivity (Wildman–Crippen MR) is 89.6 cm³/mol. The van der Waals surface area contributed by atoms with Gasteiger partial charge in [0.15, 0.2) is 0 Å². The van der Waals surface area contributed by atoms with Gasteiger partial charge in [0.25, 0.3) is 0 Å². The molecule has 4 nitrogen and oxygen atoms in total.